The summed E-state index contributed by atoms with van der Waals surface area (Å²) in [6.45, 7) is 1.83. The molecule has 0 aliphatic heterocycles. The lowest BCUT2D eigenvalue weighted by molar-refractivity contribution is -0.134. The molecule has 20 heavy (non-hydrogen) atoms. The molecule has 2 aliphatic rings. The maximum Gasteiger partial charge on any atom is 0.222 e. The number of rotatable bonds is 9. The highest BCUT2D eigenvalue weighted by molar-refractivity contribution is 5.76. The van der Waals surface area contributed by atoms with Crippen LogP contribution in [0.3, 0.4) is 0 Å². The summed E-state index contributed by atoms with van der Waals surface area (Å²) in [4.78, 5) is 14.8. The molecule has 0 saturated heterocycles. The van der Waals surface area contributed by atoms with Gasteiger partial charge >= 0.3 is 0 Å². The van der Waals surface area contributed by atoms with Gasteiger partial charge in [-0.2, -0.15) is 0 Å². The summed E-state index contributed by atoms with van der Waals surface area (Å²) in [7, 11) is 0. The molecule has 2 N–H and O–H groups in total. The summed E-state index contributed by atoms with van der Waals surface area (Å²) in [5.74, 6) is 1.25. The summed E-state index contributed by atoms with van der Waals surface area (Å²) in [5, 5.41) is 0. The molecule has 2 rings (SSSR count). The quantitative estimate of drug-likeness (QED) is 0.657. The standard InChI is InChI=1S/C17H32N2O/c18-13-7-2-1-6-10-17(20)19(14-15-11-12-15)16-8-4-3-5-9-16/h15-16H,1-14,18H2. The van der Waals surface area contributed by atoms with Crippen molar-refractivity contribution in [1.82, 2.24) is 4.90 Å². The molecule has 2 saturated carbocycles. The van der Waals surface area contributed by atoms with E-state index in [9.17, 15) is 4.79 Å². The molecule has 3 heteroatoms. The van der Waals surface area contributed by atoms with Crippen LogP contribution in [-0.2, 0) is 4.79 Å². The van der Waals surface area contributed by atoms with E-state index in [1.165, 1.54) is 51.4 Å². The second-order valence-electron chi connectivity index (χ2n) is 6.73. The minimum absolute atomic E-state index is 0.427. The minimum Gasteiger partial charge on any atom is -0.339 e. The Morgan fingerprint density at radius 3 is 2.30 bits per heavy atom. The molecule has 3 nitrogen and oxygen atoms in total. The largest absolute Gasteiger partial charge is 0.339 e. The number of nitrogens with two attached hydrogens (primary N) is 1. The van der Waals surface area contributed by atoms with Crippen LogP contribution in [0.25, 0.3) is 0 Å². The van der Waals surface area contributed by atoms with E-state index in [4.69, 9.17) is 5.73 Å². The monoisotopic (exact) mass is 280 g/mol. The number of amides is 1. The molecule has 0 aromatic rings. The minimum atomic E-state index is 0.427. The molecule has 0 aromatic heterocycles. The summed E-state index contributed by atoms with van der Waals surface area (Å²) < 4.78 is 0. The van der Waals surface area contributed by atoms with Crippen molar-refractivity contribution in [3.8, 4) is 0 Å². The number of nitrogens with zero attached hydrogens (tertiary/aromatic N) is 1. The van der Waals surface area contributed by atoms with Gasteiger partial charge in [0.25, 0.3) is 0 Å². The van der Waals surface area contributed by atoms with Crippen LogP contribution < -0.4 is 5.73 Å². The number of unbranched alkanes of at least 4 members (excludes halogenated alkanes) is 3. The maximum absolute atomic E-state index is 12.5. The Morgan fingerprint density at radius 1 is 0.950 bits per heavy atom. The zero-order valence-corrected chi connectivity index (χ0v) is 13.0. The first kappa shape index (κ1) is 15.8. The highest BCUT2D eigenvalue weighted by Crippen LogP contribution is 2.33. The summed E-state index contributed by atoms with van der Waals surface area (Å²) in [6.07, 6.45) is 14.4. The third kappa shape index (κ3) is 5.43. The molecular weight excluding hydrogens is 248 g/mol. The first-order valence-electron chi connectivity index (χ1n) is 8.81. The average Bonchev–Trinajstić information content (AvgIpc) is 3.29. The Hall–Kier alpha value is -0.570. The van der Waals surface area contributed by atoms with Crippen LogP contribution in [-0.4, -0.2) is 29.9 Å². The first-order chi connectivity index (χ1) is 9.81. The van der Waals surface area contributed by atoms with E-state index >= 15 is 0 Å². The molecule has 0 bridgehead atoms. The highest BCUT2D eigenvalue weighted by Gasteiger charge is 2.31. The lowest BCUT2D eigenvalue weighted by Gasteiger charge is -2.34. The van der Waals surface area contributed by atoms with Gasteiger partial charge in [-0.25, -0.2) is 0 Å². The van der Waals surface area contributed by atoms with Crippen LogP contribution >= 0.6 is 0 Å². The van der Waals surface area contributed by atoms with Crippen LogP contribution in [0.2, 0.25) is 0 Å². The van der Waals surface area contributed by atoms with Crippen molar-refractivity contribution in [3.63, 3.8) is 0 Å². The van der Waals surface area contributed by atoms with E-state index in [-0.39, 0.29) is 0 Å². The smallest absolute Gasteiger partial charge is 0.222 e. The van der Waals surface area contributed by atoms with Crippen molar-refractivity contribution >= 4 is 5.91 Å². The van der Waals surface area contributed by atoms with Crippen LogP contribution in [0.1, 0.15) is 77.0 Å². The van der Waals surface area contributed by atoms with Gasteiger partial charge < -0.3 is 10.6 Å². The molecule has 0 unspecified atom stereocenters. The van der Waals surface area contributed by atoms with E-state index in [1.54, 1.807) is 0 Å². The van der Waals surface area contributed by atoms with Crippen molar-refractivity contribution in [1.29, 1.82) is 0 Å². The average molecular weight is 280 g/mol. The van der Waals surface area contributed by atoms with Gasteiger partial charge in [0.05, 0.1) is 0 Å². The zero-order chi connectivity index (χ0) is 14.2. The van der Waals surface area contributed by atoms with Gasteiger partial charge in [0, 0.05) is 19.0 Å². The van der Waals surface area contributed by atoms with E-state index in [0.717, 1.165) is 44.7 Å². The van der Waals surface area contributed by atoms with Crippen molar-refractivity contribution in [3.05, 3.63) is 0 Å². The van der Waals surface area contributed by atoms with Crippen LogP contribution in [0.4, 0.5) is 0 Å². The second kappa shape index (κ2) is 8.66. The molecule has 0 aromatic carbocycles. The van der Waals surface area contributed by atoms with Crippen molar-refractivity contribution < 1.29 is 4.79 Å². The van der Waals surface area contributed by atoms with Crippen molar-refractivity contribution in [2.45, 2.75) is 83.1 Å². The molecular formula is C17H32N2O. The van der Waals surface area contributed by atoms with Crippen LogP contribution in [0.15, 0.2) is 0 Å². The molecule has 2 fully saturated rings. The van der Waals surface area contributed by atoms with Gasteiger partial charge in [-0.15, -0.1) is 0 Å². The molecule has 0 radical (unpaired) electrons. The lowest BCUT2D eigenvalue weighted by Crippen LogP contribution is -2.42. The van der Waals surface area contributed by atoms with Gasteiger partial charge in [-0.3, -0.25) is 4.79 Å². The zero-order valence-electron chi connectivity index (χ0n) is 13.0. The third-order valence-electron chi connectivity index (χ3n) is 4.83. The fraction of sp³-hybridized carbons (Fsp3) is 0.941. The van der Waals surface area contributed by atoms with E-state index in [1.807, 2.05) is 0 Å². The Morgan fingerprint density at radius 2 is 1.65 bits per heavy atom. The Balaban J connectivity index is 1.74. The van der Waals surface area contributed by atoms with E-state index < -0.39 is 0 Å². The normalized spacial score (nSPS) is 20.1. The van der Waals surface area contributed by atoms with Crippen LogP contribution in [0.5, 0.6) is 0 Å². The predicted octanol–water partition coefficient (Wildman–Crippen LogP) is 3.47. The topological polar surface area (TPSA) is 46.3 Å². The molecule has 1 amide bonds. The Labute approximate surface area is 124 Å². The molecule has 0 heterocycles. The van der Waals surface area contributed by atoms with E-state index in [0.29, 0.717) is 11.9 Å². The van der Waals surface area contributed by atoms with Crippen molar-refractivity contribution in [2.75, 3.05) is 13.1 Å². The Bertz CT molecular complexity index is 283. The van der Waals surface area contributed by atoms with E-state index in [2.05, 4.69) is 4.90 Å². The molecule has 0 atom stereocenters. The lowest BCUT2D eigenvalue weighted by atomic mass is 9.93. The summed E-state index contributed by atoms with van der Waals surface area (Å²) in [6, 6.07) is 0.556. The van der Waals surface area contributed by atoms with Gasteiger partial charge in [0.2, 0.25) is 5.91 Å². The summed E-state index contributed by atoms with van der Waals surface area (Å²) >= 11 is 0. The SMILES string of the molecule is NCCCCCCC(=O)N(CC1CC1)C1CCCCC1. The number of hydrogen-bond donors (Lipinski definition) is 1. The van der Waals surface area contributed by atoms with Gasteiger partial charge in [-0.05, 0) is 51.0 Å². The van der Waals surface area contributed by atoms with Gasteiger partial charge in [0.15, 0.2) is 0 Å². The fourth-order valence-corrected chi connectivity index (χ4v) is 3.34. The maximum atomic E-state index is 12.5. The van der Waals surface area contributed by atoms with Crippen molar-refractivity contribution in [2.24, 2.45) is 11.7 Å². The first-order valence-corrected chi connectivity index (χ1v) is 8.81. The molecule has 2 aliphatic carbocycles. The molecule has 116 valence electrons. The van der Waals surface area contributed by atoms with Gasteiger partial charge in [-0.1, -0.05) is 32.1 Å². The van der Waals surface area contributed by atoms with Gasteiger partial charge in [0.1, 0.15) is 0 Å². The number of carbonyl (C=O) groups is 1. The third-order valence-corrected chi connectivity index (χ3v) is 4.83. The summed E-state index contributed by atoms with van der Waals surface area (Å²) in [5.41, 5.74) is 5.50. The number of carbonyl (C=O) groups excluding carboxylic acids is 1. The second-order valence-corrected chi connectivity index (χ2v) is 6.73. The van der Waals surface area contributed by atoms with Crippen LogP contribution in [0, 0.1) is 5.92 Å². The fourth-order valence-electron chi connectivity index (χ4n) is 3.34. The molecule has 0 spiro atoms. The number of hydrogen-bond acceptors (Lipinski definition) is 2. The highest BCUT2D eigenvalue weighted by atomic mass is 16.2. The predicted molar refractivity (Wildman–Crippen MR) is 83.4 cm³/mol. The Kier molecular flexibility index (Phi) is 6.85.